The Morgan fingerprint density at radius 3 is 2.16 bits per heavy atom. The molecule has 0 bridgehead atoms. The fourth-order valence-corrected chi connectivity index (χ4v) is 6.82. The molecule has 3 amide bonds. The van der Waals surface area contributed by atoms with Gasteiger partial charge in [0.2, 0.25) is 15.9 Å². The van der Waals surface area contributed by atoms with Crippen molar-refractivity contribution in [3.8, 4) is 17.2 Å². The maximum absolute atomic E-state index is 12.7. The molecule has 5 rings (SSSR count). The highest BCUT2D eigenvalue weighted by atomic mass is 35.5. The first-order valence-corrected chi connectivity index (χ1v) is 21.9. The number of fused-ring (bicyclic) bond motifs is 1. The summed E-state index contributed by atoms with van der Waals surface area (Å²) < 4.78 is 77.9. The van der Waals surface area contributed by atoms with Crippen LogP contribution < -0.4 is 24.0 Å². The van der Waals surface area contributed by atoms with Crippen LogP contribution in [0.2, 0.25) is 5.02 Å². The number of methoxy groups -OCH3 is 1. The van der Waals surface area contributed by atoms with Gasteiger partial charge in [0.15, 0.2) is 4.84 Å². The maximum atomic E-state index is 12.7. The smallest absolute Gasteiger partial charge is 0.416 e. The van der Waals surface area contributed by atoms with Crippen molar-refractivity contribution >= 4 is 91.2 Å². The number of ether oxygens (including phenoxy) is 3. The number of rotatable bonds is 12. The summed E-state index contributed by atoms with van der Waals surface area (Å²) in [6, 6.07) is 18.5. The molecule has 336 valence electrons. The number of nitrogens with zero attached hydrogens (tertiary/aromatic N) is 3. The Labute approximate surface area is 375 Å². The molecule has 1 heterocycles. The van der Waals surface area contributed by atoms with Crippen LogP contribution in [0.5, 0.6) is 17.2 Å². The molecule has 0 aliphatic carbocycles. The standard InChI is InChI=1S/C15H10ClF3N2O6S.C14H20ClNO2.C11H11Cl2NO2/c1-28(25,26)20-14(22)10-7-9(3-4-12(10)21(23)24)27-13-5-2-8(6-11(13)16)15(17,18)19;1-4-11-7-6-8-12(5-2)14(11)16(10-18-3)13(17)9-15;1-7-6-16-9-5-3-2-4-8(9)14(7)11(15)10(12)13/h2-7H,1H3,(H,20,22);6-8H,4-5,9-10H2,1-3H3;2-5,7,10H,6H2,1H3. The average molecular weight is 969 g/mol. The molecule has 1 aliphatic rings. The zero-order valence-corrected chi connectivity index (χ0v) is 37.5. The van der Waals surface area contributed by atoms with Gasteiger partial charge in [0.05, 0.1) is 39.2 Å². The van der Waals surface area contributed by atoms with E-state index < -0.39 is 53.7 Å². The zero-order chi connectivity index (χ0) is 46.5. The van der Waals surface area contributed by atoms with Gasteiger partial charge < -0.3 is 19.1 Å². The number of carbonyl (C=O) groups is 3. The predicted octanol–water partition coefficient (Wildman–Crippen LogP) is 9.34. The molecule has 1 aliphatic heterocycles. The molecule has 1 N–H and O–H groups in total. The summed E-state index contributed by atoms with van der Waals surface area (Å²) in [5, 5.41) is 10.7. The van der Waals surface area contributed by atoms with Crippen LogP contribution in [-0.4, -0.2) is 74.5 Å². The number of sulfonamides is 1. The largest absolute Gasteiger partial charge is 0.489 e. The van der Waals surface area contributed by atoms with Gasteiger partial charge in [0, 0.05) is 19.2 Å². The van der Waals surface area contributed by atoms with Gasteiger partial charge >= 0.3 is 6.18 Å². The Kier molecular flexibility index (Phi) is 19.1. The molecule has 4 aromatic rings. The molecule has 1 atom stereocenters. The van der Waals surface area contributed by atoms with Crippen LogP contribution in [0.3, 0.4) is 0 Å². The second-order valence-electron chi connectivity index (χ2n) is 13.0. The Balaban J connectivity index is 0.000000261. The summed E-state index contributed by atoms with van der Waals surface area (Å²) in [6.07, 6.45) is -2.19. The van der Waals surface area contributed by atoms with Crippen molar-refractivity contribution in [1.82, 2.24) is 4.72 Å². The fraction of sp³-hybridized carbons (Fsp3) is 0.325. The normalized spacial score (nSPS) is 13.3. The number of carbonyl (C=O) groups excluding carboxylic acids is 3. The Bertz CT molecular complexity index is 2330. The first kappa shape index (κ1) is 51.5. The lowest BCUT2D eigenvalue weighted by atomic mass is 10.0. The summed E-state index contributed by atoms with van der Waals surface area (Å²) in [5.41, 5.74) is 1.62. The van der Waals surface area contributed by atoms with Gasteiger partial charge in [-0.1, -0.05) is 79.0 Å². The van der Waals surface area contributed by atoms with Crippen LogP contribution in [0.1, 0.15) is 47.8 Å². The third-order valence-electron chi connectivity index (χ3n) is 8.55. The maximum Gasteiger partial charge on any atom is 0.416 e. The van der Waals surface area contributed by atoms with E-state index in [0.29, 0.717) is 30.7 Å². The first-order chi connectivity index (χ1) is 29.1. The predicted molar refractivity (Wildman–Crippen MR) is 232 cm³/mol. The van der Waals surface area contributed by atoms with E-state index >= 15 is 0 Å². The topological polar surface area (TPSA) is 175 Å². The van der Waals surface area contributed by atoms with E-state index in [2.05, 4.69) is 13.8 Å². The van der Waals surface area contributed by atoms with E-state index in [1.54, 1.807) is 21.6 Å². The first-order valence-electron chi connectivity index (χ1n) is 18.2. The number of nitro benzene ring substituents is 1. The van der Waals surface area contributed by atoms with Crippen LogP contribution in [0.25, 0.3) is 0 Å². The highest BCUT2D eigenvalue weighted by molar-refractivity contribution is 7.89. The van der Waals surface area contributed by atoms with Gasteiger partial charge in [-0.2, -0.15) is 13.2 Å². The van der Waals surface area contributed by atoms with Crippen molar-refractivity contribution in [2.75, 3.05) is 42.4 Å². The van der Waals surface area contributed by atoms with Gasteiger partial charge in [-0.3, -0.25) is 29.4 Å². The Morgan fingerprint density at radius 2 is 1.65 bits per heavy atom. The van der Waals surface area contributed by atoms with Crippen LogP contribution in [0, 0.1) is 10.1 Å². The quantitative estimate of drug-likeness (QED) is 0.0624. The van der Waals surface area contributed by atoms with Gasteiger partial charge in [0.25, 0.3) is 17.5 Å². The molecule has 22 heteroatoms. The summed E-state index contributed by atoms with van der Waals surface area (Å²) in [7, 11) is -2.42. The number of aryl methyl sites for hydroxylation is 2. The van der Waals surface area contributed by atoms with E-state index in [1.807, 2.05) is 49.4 Å². The molecular formula is C40H41Cl4F3N4O10S. The van der Waals surface area contributed by atoms with Gasteiger partial charge in [-0.15, -0.1) is 11.6 Å². The third kappa shape index (κ3) is 14.1. The minimum atomic E-state index is -4.62. The number of nitro groups is 1. The number of nitrogens with one attached hydrogen (secondary N) is 1. The van der Waals surface area contributed by atoms with Crippen molar-refractivity contribution in [3.05, 3.63) is 116 Å². The third-order valence-corrected chi connectivity index (χ3v) is 10.0. The summed E-state index contributed by atoms with van der Waals surface area (Å²) in [4.78, 5) is 48.2. The fourth-order valence-electron chi connectivity index (χ4n) is 5.80. The highest BCUT2D eigenvalue weighted by Gasteiger charge is 2.33. The van der Waals surface area contributed by atoms with Crippen molar-refractivity contribution < 1.29 is 55.1 Å². The number of alkyl halides is 6. The van der Waals surface area contributed by atoms with E-state index in [-0.39, 0.29) is 42.0 Å². The van der Waals surface area contributed by atoms with E-state index in [9.17, 15) is 46.1 Å². The van der Waals surface area contributed by atoms with Gasteiger partial charge in [0.1, 0.15) is 42.0 Å². The summed E-state index contributed by atoms with van der Waals surface area (Å²) in [5.74, 6) is -1.48. The highest BCUT2D eigenvalue weighted by Crippen LogP contribution is 2.38. The monoisotopic (exact) mass is 966 g/mol. The van der Waals surface area contributed by atoms with Crippen molar-refractivity contribution in [3.63, 3.8) is 0 Å². The number of hydrogen-bond donors (Lipinski definition) is 1. The number of hydrogen-bond acceptors (Lipinski definition) is 10. The molecule has 62 heavy (non-hydrogen) atoms. The van der Waals surface area contributed by atoms with Crippen LogP contribution >= 0.6 is 46.4 Å². The number of benzene rings is 4. The molecule has 0 radical (unpaired) electrons. The zero-order valence-electron chi connectivity index (χ0n) is 33.7. The summed E-state index contributed by atoms with van der Waals surface area (Å²) in [6.45, 7) is 6.73. The van der Waals surface area contributed by atoms with Crippen molar-refractivity contribution in [2.24, 2.45) is 0 Å². The van der Waals surface area contributed by atoms with E-state index in [4.69, 9.17) is 60.6 Å². The number of halogens is 7. The van der Waals surface area contributed by atoms with Crippen LogP contribution in [0.4, 0.5) is 30.2 Å². The second-order valence-corrected chi connectivity index (χ2v) is 16.5. The molecule has 1 unspecified atom stereocenters. The molecule has 0 saturated heterocycles. The van der Waals surface area contributed by atoms with Crippen molar-refractivity contribution in [1.29, 1.82) is 0 Å². The SMILES string of the molecule is CC1COc2ccccc2N1C(=O)C(Cl)Cl.CCc1cccc(CC)c1N(COC)C(=O)CCl.CS(=O)(=O)NC(=O)c1cc(Oc2ccc(C(F)(F)F)cc2Cl)ccc1[N+](=O)[O-]. The molecule has 0 spiro atoms. The molecule has 4 aromatic carbocycles. The second kappa shape index (κ2) is 23.0. The van der Waals surface area contributed by atoms with Crippen LogP contribution in [0.15, 0.2) is 78.9 Å². The lowest BCUT2D eigenvalue weighted by molar-refractivity contribution is -0.385. The van der Waals surface area contributed by atoms with Crippen LogP contribution in [-0.2, 0) is 43.4 Å². The van der Waals surface area contributed by atoms with Gasteiger partial charge in [-0.25, -0.2) is 13.1 Å². The lowest BCUT2D eigenvalue weighted by Crippen LogP contribution is -2.47. The number of para-hydroxylation sites is 3. The van der Waals surface area contributed by atoms with Crippen molar-refractivity contribution in [2.45, 2.75) is 50.7 Å². The number of amides is 3. The molecular weight excluding hydrogens is 927 g/mol. The number of anilines is 2. The Morgan fingerprint density at radius 1 is 1.02 bits per heavy atom. The molecule has 0 aromatic heterocycles. The minimum absolute atomic E-state index is 0.0371. The summed E-state index contributed by atoms with van der Waals surface area (Å²) >= 11 is 22.7. The molecule has 0 saturated carbocycles. The minimum Gasteiger partial charge on any atom is -0.489 e. The molecule has 0 fully saturated rings. The molecule has 14 nitrogen and oxygen atoms in total. The average Bonchev–Trinajstić information content (AvgIpc) is 3.22. The van der Waals surface area contributed by atoms with E-state index in [1.165, 1.54) is 0 Å². The Hall–Kier alpha value is -4.85. The van der Waals surface area contributed by atoms with Gasteiger partial charge in [-0.05, 0) is 67.3 Å². The van der Waals surface area contributed by atoms with E-state index in [0.717, 1.165) is 59.6 Å². The lowest BCUT2D eigenvalue weighted by Gasteiger charge is -2.35.